The molecule has 0 aliphatic carbocycles. The van der Waals surface area contributed by atoms with Gasteiger partial charge in [-0.15, -0.1) is 5.73 Å². The molecule has 330 valence electrons. The summed E-state index contributed by atoms with van der Waals surface area (Å²) in [6, 6.07) is 0. The third kappa shape index (κ3) is 29.5. The van der Waals surface area contributed by atoms with Crippen molar-refractivity contribution >= 4 is 11.9 Å². The highest BCUT2D eigenvalue weighted by molar-refractivity contribution is 5.70. The lowest BCUT2D eigenvalue weighted by Crippen LogP contribution is -2.59. The van der Waals surface area contributed by atoms with Gasteiger partial charge in [0.15, 0.2) is 12.4 Å². The van der Waals surface area contributed by atoms with E-state index in [0.29, 0.717) is 12.8 Å². The van der Waals surface area contributed by atoms with E-state index in [4.69, 9.17) is 18.9 Å². The summed E-state index contributed by atoms with van der Waals surface area (Å²) in [5.74, 6) is -0.836. The Morgan fingerprint density at radius 3 is 1.67 bits per heavy atom. The molecule has 0 aromatic carbocycles. The van der Waals surface area contributed by atoms with Gasteiger partial charge in [0.05, 0.1) is 13.2 Å². The van der Waals surface area contributed by atoms with Crippen LogP contribution in [0.4, 0.5) is 0 Å². The van der Waals surface area contributed by atoms with Crippen LogP contribution in [0.3, 0.4) is 0 Å². The van der Waals surface area contributed by atoms with Gasteiger partial charge in [0, 0.05) is 12.8 Å². The van der Waals surface area contributed by atoms with Gasteiger partial charge in [-0.25, -0.2) is 0 Å². The molecule has 4 N–H and O–H groups in total. The normalized spacial score (nSPS) is 20.1. The molecule has 0 saturated carbocycles. The second-order valence-corrected chi connectivity index (χ2v) is 15.6. The van der Waals surface area contributed by atoms with E-state index in [-0.39, 0.29) is 26.1 Å². The SMILES string of the molecule is CCCCC/C=C/C/C=C/CCCCCCCCCC(=O)O[C@H](COC(=O)CCCCCCCC=C=CCCCCCCC)CO[C@@H]1O[C@H](CO)[C@H](O)C(O)C1O. The summed E-state index contributed by atoms with van der Waals surface area (Å²) in [4.78, 5) is 25.3. The third-order valence-corrected chi connectivity index (χ3v) is 10.3. The first-order chi connectivity index (χ1) is 27.8. The van der Waals surface area contributed by atoms with Gasteiger partial charge in [-0.05, 0) is 82.8 Å². The molecule has 0 radical (unpaired) electrons. The van der Waals surface area contributed by atoms with Crippen molar-refractivity contribution in [2.45, 2.75) is 224 Å². The molecule has 1 saturated heterocycles. The van der Waals surface area contributed by atoms with E-state index in [0.717, 1.165) is 70.6 Å². The maximum absolute atomic E-state index is 12.8. The highest BCUT2D eigenvalue weighted by Crippen LogP contribution is 2.22. The van der Waals surface area contributed by atoms with Crippen LogP contribution in [0.1, 0.15) is 187 Å². The Labute approximate surface area is 346 Å². The summed E-state index contributed by atoms with van der Waals surface area (Å²) in [5.41, 5.74) is 3.29. The van der Waals surface area contributed by atoms with Crippen LogP contribution in [0.5, 0.6) is 0 Å². The molecule has 1 aliphatic rings. The maximum Gasteiger partial charge on any atom is 0.306 e. The minimum absolute atomic E-state index is 0.216. The molecule has 1 rings (SSSR count). The summed E-state index contributed by atoms with van der Waals surface area (Å²) < 4.78 is 22.1. The Hall–Kier alpha value is -2.30. The molecule has 1 heterocycles. The Balaban J connectivity index is 2.35. The number of aliphatic hydroxyl groups is 4. The average Bonchev–Trinajstić information content (AvgIpc) is 3.21. The molecule has 10 nitrogen and oxygen atoms in total. The summed E-state index contributed by atoms with van der Waals surface area (Å²) in [6.07, 6.45) is 33.5. The number of carbonyl (C=O) groups excluding carboxylic acids is 2. The minimum Gasteiger partial charge on any atom is -0.462 e. The molecule has 10 heteroatoms. The molecule has 0 bridgehead atoms. The Kier molecular flexibility index (Phi) is 35.1. The van der Waals surface area contributed by atoms with Crippen LogP contribution in [-0.4, -0.2) is 89.0 Å². The monoisotopic (exact) mass is 807 g/mol. The molecular formula is C47H82O10. The number of allylic oxidation sites excluding steroid dienone is 5. The van der Waals surface area contributed by atoms with Crippen LogP contribution in [0.15, 0.2) is 42.2 Å². The van der Waals surface area contributed by atoms with Crippen LogP contribution in [0.2, 0.25) is 0 Å². The van der Waals surface area contributed by atoms with Gasteiger partial charge >= 0.3 is 11.9 Å². The number of unbranched alkanes of at least 4 members (excludes halogenated alkanes) is 20. The van der Waals surface area contributed by atoms with E-state index in [1.54, 1.807) is 0 Å². The molecular weight excluding hydrogens is 725 g/mol. The van der Waals surface area contributed by atoms with Gasteiger partial charge in [-0.3, -0.25) is 9.59 Å². The van der Waals surface area contributed by atoms with Crippen molar-refractivity contribution in [3.63, 3.8) is 0 Å². The molecule has 0 spiro atoms. The van der Waals surface area contributed by atoms with Gasteiger partial charge in [0.25, 0.3) is 0 Å². The topological polar surface area (TPSA) is 152 Å². The zero-order valence-corrected chi connectivity index (χ0v) is 35.9. The fourth-order valence-electron chi connectivity index (χ4n) is 6.61. The largest absolute Gasteiger partial charge is 0.462 e. The Morgan fingerprint density at radius 2 is 1.09 bits per heavy atom. The van der Waals surface area contributed by atoms with Crippen molar-refractivity contribution < 1.29 is 49.0 Å². The van der Waals surface area contributed by atoms with Crippen molar-refractivity contribution in [2.75, 3.05) is 19.8 Å². The second-order valence-electron chi connectivity index (χ2n) is 15.6. The summed E-state index contributed by atoms with van der Waals surface area (Å²) in [7, 11) is 0. The number of hydrogen-bond donors (Lipinski definition) is 4. The molecule has 1 fully saturated rings. The maximum atomic E-state index is 12.8. The van der Waals surface area contributed by atoms with Crippen LogP contribution < -0.4 is 0 Å². The van der Waals surface area contributed by atoms with Crippen LogP contribution >= 0.6 is 0 Å². The van der Waals surface area contributed by atoms with Crippen molar-refractivity contribution in [1.29, 1.82) is 0 Å². The van der Waals surface area contributed by atoms with Crippen LogP contribution in [0, 0.1) is 0 Å². The van der Waals surface area contributed by atoms with E-state index in [9.17, 15) is 30.0 Å². The standard InChI is InChI=1S/C47H82O10/c1-3-5-7-9-11-13-15-17-19-20-22-24-26-28-30-32-34-36-43(50)56-40(39-55-47-46(53)45(52)44(51)41(37-48)57-47)38-54-42(49)35-33-31-29-27-25-23-21-18-16-14-12-10-8-6-4-2/h11,13,16-17,19,21,40-41,44-48,51-53H,3-10,12,14-15,20,22-39H2,1-2H3/b13-11+,19-17+/t18?,40-,41-,44+,45?,46?,47-/m1/s1. The molecule has 0 aromatic rings. The summed E-state index contributed by atoms with van der Waals surface area (Å²) >= 11 is 0. The first kappa shape index (κ1) is 52.7. The quantitative estimate of drug-likeness (QED) is 0.0207. The average molecular weight is 807 g/mol. The smallest absolute Gasteiger partial charge is 0.306 e. The molecule has 57 heavy (non-hydrogen) atoms. The highest BCUT2D eigenvalue weighted by Gasteiger charge is 2.44. The van der Waals surface area contributed by atoms with Crippen LogP contribution in [-0.2, 0) is 28.5 Å². The fourth-order valence-corrected chi connectivity index (χ4v) is 6.61. The molecule has 2 unspecified atom stereocenters. The minimum atomic E-state index is -1.60. The first-order valence-corrected chi connectivity index (χ1v) is 22.8. The molecule has 0 amide bonds. The van der Waals surface area contributed by atoms with Crippen molar-refractivity contribution in [3.8, 4) is 0 Å². The molecule has 0 aromatic heterocycles. The molecule has 1 aliphatic heterocycles. The van der Waals surface area contributed by atoms with E-state index in [2.05, 4.69) is 56.0 Å². The number of rotatable bonds is 37. The number of ether oxygens (including phenoxy) is 4. The lowest BCUT2D eigenvalue weighted by atomic mass is 9.99. The van der Waals surface area contributed by atoms with E-state index >= 15 is 0 Å². The zero-order valence-electron chi connectivity index (χ0n) is 35.9. The van der Waals surface area contributed by atoms with Gasteiger partial charge in [-0.1, -0.05) is 128 Å². The van der Waals surface area contributed by atoms with Gasteiger partial charge in [0.2, 0.25) is 0 Å². The Morgan fingerprint density at radius 1 is 0.596 bits per heavy atom. The predicted molar refractivity (Wildman–Crippen MR) is 227 cm³/mol. The van der Waals surface area contributed by atoms with E-state index in [1.807, 2.05) is 0 Å². The van der Waals surface area contributed by atoms with Crippen molar-refractivity contribution in [1.82, 2.24) is 0 Å². The first-order valence-electron chi connectivity index (χ1n) is 22.8. The Bertz CT molecular complexity index is 1080. The number of hydrogen-bond acceptors (Lipinski definition) is 10. The van der Waals surface area contributed by atoms with Crippen molar-refractivity contribution in [2.24, 2.45) is 0 Å². The third-order valence-electron chi connectivity index (χ3n) is 10.3. The van der Waals surface area contributed by atoms with E-state index in [1.165, 1.54) is 77.0 Å². The lowest BCUT2D eigenvalue weighted by Gasteiger charge is -2.39. The number of aliphatic hydroxyl groups excluding tert-OH is 4. The van der Waals surface area contributed by atoms with Gasteiger partial charge < -0.3 is 39.4 Å². The van der Waals surface area contributed by atoms with Crippen LogP contribution in [0.25, 0.3) is 0 Å². The molecule has 6 atom stereocenters. The lowest BCUT2D eigenvalue weighted by molar-refractivity contribution is -0.305. The number of esters is 2. The highest BCUT2D eigenvalue weighted by atomic mass is 16.7. The summed E-state index contributed by atoms with van der Waals surface area (Å²) in [6.45, 7) is 3.35. The zero-order chi connectivity index (χ0) is 41.6. The van der Waals surface area contributed by atoms with Gasteiger partial charge in [0.1, 0.15) is 31.0 Å². The number of carbonyl (C=O) groups is 2. The summed E-state index contributed by atoms with van der Waals surface area (Å²) in [5, 5.41) is 40.1. The van der Waals surface area contributed by atoms with Crippen molar-refractivity contribution in [3.05, 3.63) is 42.2 Å². The van der Waals surface area contributed by atoms with Gasteiger partial charge in [-0.2, -0.15) is 0 Å². The fraction of sp³-hybridized carbons (Fsp3) is 0.809. The second kappa shape index (κ2) is 37.9. The van der Waals surface area contributed by atoms with E-state index < -0.39 is 55.4 Å². The predicted octanol–water partition coefficient (Wildman–Crippen LogP) is 9.65.